The fourth-order valence-corrected chi connectivity index (χ4v) is 2.84. The van der Waals surface area contributed by atoms with E-state index >= 15 is 0 Å². The summed E-state index contributed by atoms with van der Waals surface area (Å²) in [5.41, 5.74) is 2.34. The number of benzene rings is 2. The molecule has 0 heterocycles. The fourth-order valence-electron chi connectivity index (χ4n) is 2.15. The first-order chi connectivity index (χ1) is 9.60. The van der Waals surface area contributed by atoms with Crippen molar-refractivity contribution in [3.63, 3.8) is 0 Å². The summed E-state index contributed by atoms with van der Waals surface area (Å²) in [7, 11) is 0. The lowest BCUT2D eigenvalue weighted by atomic mass is 9.99. The van der Waals surface area contributed by atoms with Crippen LogP contribution in [0.2, 0.25) is 0 Å². The van der Waals surface area contributed by atoms with Crippen LogP contribution < -0.4 is 5.32 Å². The maximum atomic E-state index is 13.3. The highest BCUT2D eigenvalue weighted by molar-refractivity contribution is 9.10. The van der Waals surface area contributed by atoms with Crippen LogP contribution in [-0.2, 0) is 6.42 Å². The fraction of sp³-hybridized carbons (Fsp3) is 0.250. The molecule has 0 aliphatic carbocycles. The molecule has 1 N–H and O–H groups in total. The molecule has 1 nitrogen and oxygen atoms in total. The molecule has 2 aromatic carbocycles. The molecular formula is C16H16Br2FN. The largest absolute Gasteiger partial charge is 0.310 e. The zero-order chi connectivity index (χ0) is 14.5. The van der Waals surface area contributed by atoms with E-state index in [9.17, 15) is 4.39 Å². The van der Waals surface area contributed by atoms with Gasteiger partial charge in [0.2, 0.25) is 0 Å². The van der Waals surface area contributed by atoms with Crippen molar-refractivity contribution in [1.29, 1.82) is 0 Å². The molecule has 0 amide bonds. The molecule has 1 atom stereocenters. The molecule has 2 rings (SSSR count). The van der Waals surface area contributed by atoms with Crippen LogP contribution in [0.15, 0.2) is 51.4 Å². The Kier molecular flexibility index (Phi) is 5.75. The molecule has 0 spiro atoms. The number of likely N-dealkylation sites (N-methyl/N-ethyl adjacent to an activating group) is 1. The summed E-state index contributed by atoms with van der Waals surface area (Å²) in [5, 5.41) is 3.48. The Morgan fingerprint density at radius 3 is 2.40 bits per heavy atom. The lowest BCUT2D eigenvalue weighted by Gasteiger charge is -2.19. The number of halogens is 3. The van der Waals surface area contributed by atoms with Crippen LogP contribution in [0.4, 0.5) is 4.39 Å². The Balaban J connectivity index is 2.20. The first-order valence-corrected chi connectivity index (χ1v) is 8.11. The predicted molar refractivity (Wildman–Crippen MR) is 88.4 cm³/mol. The van der Waals surface area contributed by atoms with E-state index in [-0.39, 0.29) is 11.9 Å². The van der Waals surface area contributed by atoms with Gasteiger partial charge in [-0.15, -0.1) is 0 Å². The maximum Gasteiger partial charge on any atom is 0.137 e. The zero-order valence-corrected chi connectivity index (χ0v) is 14.3. The van der Waals surface area contributed by atoms with Gasteiger partial charge in [0.05, 0.1) is 4.47 Å². The van der Waals surface area contributed by atoms with E-state index < -0.39 is 0 Å². The van der Waals surface area contributed by atoms with Gasteiger partial charge in [-0.1, -0.05) is 41.1 Å². The standard InChI is InChI=1S/C16H16Br2FN/c1-2-20-16(12-4-6-13(17)7-5-12)10-11-3-8-15(19)14(18)9-11/h3-9,16,20H,2,10H2,1H3. The summed E-state index contributed by atoms with van der Waals surface area (Å²) >= 11 is 6.69. The molecule has 4 heteroatoms. The molecule has 0 radical (unpaired) electrons. The minimum Gasteiger partial charge on any atom is -0.310 e. The van der Waals surface area contributed by atoms with Gasteiger partial charge < -0.3 is 5.32 Å². The van der Waals surface area contributed by atoms with Crippen molar-refractivity contribution in [2.75, 3.05) is 6.54 Å². The summed E-state index contributed by atoms with van der Waals surface area (Å²) in [4.78, 5) is 0. The lowest BCUT2D eigenvalue weighted by Crippen LogP contribution is -2.22. The lowest BCUT2D eigenvalue weighted by molar-refractivity contribution is 0.548. The van der Waals surface area contributed by atoms with Gasteiger partial charge in [-0.25, -0.2) is 4.39 Å². The second-order valence-corrected chi connectivity index (χ2v) is 6.38. The highest BCUT2D eigenvalue weighted by Gasteiger charge is 2.12. The molecule has 20 heavy (non-hydrogen) atoms. The van der Waals surface area contributed by atoms with E-state index in [4.69, 9.17) is 0 Å². The summed E-state index contributed by atoms with van der Waals surface area (Å²) in [5.74, 6) is -0.225. The first kappa shape index (κ1) is 15.7. The van der Waals surface area contributed by atoms with Crippen LogP contribution >= 0.6 is 31.9 Å². The third-order valence-electron chi connectivity index (χ3n) is 3.15. The summed E-state index contributed by atoms with van der Waals surface area (Å²) in [6.45, 7) is 2.98. The topological polar surface area (TPSA) is 12.0 Å². The quantitative estimate of drug-likeness (QED) is 0.723. The van der Waals surface area contributed by atoms with Crippen molar-refractivity contribution in [1.82, 2.24) is 5.32 Å². The molecule has 106 valence electrons. The molecule has 0 fully saturated rings. The van der Waals surface area contributed by atoms with Gasteiger partial charge in [0.1, 0.15) is 5.82 Å². The molecule has 1 unspecified atom stereocenters. The van der Waals surface area contributed by atoms with Crippen molar-refractivity contribution in [2.24, 2.45) is 0 Å². The van der Waals surface area contributed by atoms with Gasteiger partial charge in [0.15, 0.2) is 0 Å². The van der Waals surface area contributed by atoms with E-state index in [0.717, 1.165) is 23.0 Å². The zero-order valence-electron chi connectivity index (χ0n) is 11.2. The maximum absolute atomic E-state index is 13.3. The Hall–Kier alpha value is -0.710. The molecule has 0 aromatic heterocycles. The highest BCUT2D eigenvalue weighted by atomic mass is 79.9. The Morgan fingerprint density at radius 1 is 1.10 bits per heavy atom. The van der Waals surface area contributed by atoms with Gasteiger partial charge in [-0.3, -0.25) is 0 Å². The third kappa shape index (κ3) is 4.14. The smallest absolute Gasteiger partial charge is 0.137 e. The summed E-state index contributed by atoms with van der Waals surface area (Å²) < 4.78 is 14.9. The minimum atomic E-state index is -0.225. The number of nitrogens with one attached hydrogen (secondary N) is 1. The second-order valence-electron chi connectivity index (χ2n) is 4.61. The van der Waals surface area contributed by atoms with Gasteiger partial charge in [0, 0.05) is 10.5 Å². The van der Waals surface area contributed by atoms with Gasteiger partial charge >= 0.3 is 0 Å². The van der Waals surface area contributed by atoms with Crippen LogP contribution in [-0.4, -0.2) is 6.54 Å². The average molecular weight is 401 g/mol. The minimum absolute atomic E-state index is 0.225. The number of hydrogen-bond donors (Lipinski definition) is 1. The number of hydrogen-bond acceptors (Lipinski definition) is 1. The number of rotatable bonds is 5. The van der Waals surface area contributed by atoms with Crippen molar-refractivity contribution in [3.8, 4) is 0 Å². The summed E-state index contributed by atoms with van der Waals surface area (Å²) in [6.07, 6.45) is 0.828. The van der Waals surface area contributed by atoms with Gasteiger partial charge in [0.25, 0.3) is 0 Å². The van der Waals surface area contributed by atoms with E-state index in [1.807, 2.05) is 24.3 Å². The van der Waals surface area contributed by atoms with E-state index in [2.05, 4.69) is 56.2 Å². The average Bonchev–Trinajstić information content (AvgIpc) is 2.43. The summed E-state index contributed by atoms with van der Waals surface area (Å²) in [6, 6.07) is 13.7. The third-order valence-corrected chi connectivity index (χ3v) is 4.28. The molecule has 0 saturated heterocycles. The molecule has 0 aliphatic rings. The van der Waals surface area contributed by atoms with E-state index in [1.54, 1.807) is 0 Å². The molecule has 0 saturated carbocycles. The van der Waals surface area contributed by atoms with Gasteiger partial charge in [-0.2, -0.15) is 0 Å². The van der Waals surface area contributed by atoms with Crippen molar-refractivity contribution in [2.45, 2.75) is 19.4 Å². The highest BCUT2D eigenvalue weighted by Crippen LogP contribution is 2.23. The van der Waals surface area contributed by atoms with Crippen molar-refractivity contribution in [3.05, 3.63) is 68.4 Å². The Bertz CT molecular complexity index is 569. The van der Waals surface area contributed by atoms with Crippen LogP contribution in [0.25, 0.3) is 0 Å². The Labute approximate surface area is 135 Å². The second kappa shape index (κ2) is 7.34. The van der Waals surface area contributed by atoms with Crippen LogP contribution in [0.3, 0.4) is 0 Å². The Morgan fingerprint density at radius 2 is 1.80 bits per heavy atom. The van der Waals surface area contributed by atoms with Crippen molar-refractivity contribution < 1.29 is 4.39 Å². The monoisotopic (exact) mass is 399 g/mol. The molecule has 0 bridgehead atoms. The predicted octanol–water partition coefficient (Wildman–Crippen LogP) is 5.24. The molecular weight excluding hydrogens is 385 g/mol. The van der Waals surface area contributed by atoms with E-state index in [0.29, 0.717) is 4.47 Å². The SMILES string of the molecule is CCNC(Cc1ccc(F)c(Br)c1)c1ccc(Br)cc1. The molecule has 0 aliphatic heterocycles. The van der Waals surface area contributed by atoms with Crippen LogP contribution in [0, 0.1) is 5.82 Å². The first-order valence-electron chi connectivity index (χ1n) is 6.53. The normalized spacial score (nSPS) is 12.4. The van der Waals surface area contributed by atoms with Gasteiger partial charge in [-0.05, 0) is 64.3 Å². The van der Waals surface area contributed by atoms with Crippen LogP contribution in [0.5, 0.6) is 0 Å². The van der Waals surface area contributed by atoms with Crippen LogP contribution in [0.1, 0.15) is 24.1 Å². The molecule has 2 aromatic rings. The van der Waals surface area contributed by atoms with E-state index in [1.165, 1.54) is 11.6 Å². The van der Waals surface area contributed by atoms with Crippen molar-refractivity contribution >= 4 is 31.9 Å².